The van der Waals surface area contributed by atoms with Crippen LogP contribution >= 0.6 is 11.8 Å². The van der Waals surface area contributed by atoms with Gasteiger partial charge in [-0.1, -0.05) is 18.2 Å². The zero-order valence-electron chi connectivity index (χ0n) is 17.4. The number of rotatable bonds is 6. The standard InChI is InChI=1S/C23H21N5O2S/c1-15-13-16(2)25-23(24-15)31-19-11-9-17(10-12-19)26-22(29)21-20(30-3)14-28(27-21)18-7-5-4-6-8-18/h4-14H,1-3H3,(H,26,29). The fourth-order valence-corrected chi connectivity index (χ4v) is 3.88. The molecule has 0 aliphatic rings. The number of methoxy groups -OCH3 is 1. The van der Waals surface area contributed by atoms with Crippen LogP contribution in [0.25, 0.3) is 5.69 Å². The Bertz CT molecular complexity index is 1190. The summed E-state index contributed by atoms with van der Waals surface area (Å²) in [4.78, 5) is 22.7. The fraction of sp³-hybridized carbons (Fsp3) is 0.130. The van der Waals surface area contributed by atoms with Gasteiger partial charge in [-0.05, 0) is 68.1 Å². The van der Waals surface area contributed by atoms with Gasteiger partial charge in [-0.3, -0.25) is 4.79 Å². The third kappa shape index (κ3) is 4.92. The smallest absolute Gasteiger partial charge is 0.280 e. The number of anilines is 1. The van der Waals surface area contributed by atoms with Gasteiger partial charge in [0.05, 0.1) is 19.0 Å². The Hall–Kier alpha value is -3.65. The van der Waals surface area contributed by atoms with E-state index in [-0.39, 0.29) is 11.6 Å². The van der Waals surface area contributed by atoms with Crippen LogP contribution < -0.4 is 10.1 Å². The number of ether oxygens (including phenoxy) is 1. The van der Waals surface area contributed by atoms with Crippen LogP contribution in [0, 0.1) is 13.8 Å². The van der Waals surface area contributed by atoms with Crippen molar-refractivity contribution in [1.29, 1.82) is 0 Å². The van der Waals surface area contributed by atoms with Crippen LogP contribution in [0.2, 0.25) is 0 Å². The van der Waals surface area contributed by atoms with Crippen molar-refractivity contribution < 1.29 is 9.53 Å². The molecule has 7 nitrogen and oxygen atoms in total. The predicted octanol–water partition coefficient (Wildman–Crippen LogP) is 4.69. The Labute approximate surface area is 184 Å². The number of nitrogens with one attached hydrogen (secondary N) is 1. The lowest BCUT2D eigenvalue weighted by atomic mass is 10.3. The maximum atomic E-state index is 12.8. The Kier molecular flexibility index (Phi) is 5.99. The molecule has 1 amide bonds. The topological polar surface area (TPSA) is 81.9 Å². The second-order valence-corrected chi connectivity index (χ2v) is 7.88. The van der Waals surface area contributed by atoms with Crippen molar-refractivity contribution in [2.45, 2.75) is 23.9 Å². The summed E-state index contributed by atoms with van der Waals surface area (Å²) in [5.74, 6) is 0.0603. The van der Waals surface area contributed by atoms with Gasteiger partial charge in [-0.2, -0.15) is 5.10 Å². The molecule has 2 aromatic heterocycles. The molecule has 0 fully saturated rings. The molecule has 0 radical (unpaired) electrons. The average Bonchev–Trinajstić information content (AvgIpc) is 3.20. The number of amides is 1. The van der Waals surface area contributed by atoms with E-state index in [1.165, 1.54) is 18.9 Å². The molecule has 1 N–H and O–H groups in total. The molecular weight excluding hydrogens is 410 g/mol. The van der Waals surface area contributed by atoms with Crippen molar-refractivity contribution in [1.82, 2.24) is 19.7 Å². The van der Waals surface area contributed by atoms with Gasteiger partial charge in [0.1, 0.15) is 0 Å². The van der Waals surface area contributed by atoms with E-state index in [4.69, 9.17) is 4.74 Å². The molecule has 8 heteroatoms. The highest BCUT2D eigenvalue weighted by Crippen LogP contribution is 2.27. The Morgan fingerprint density at radius 2 is 1.68 bits per heavy atom. The Balaban J connectivity index is 1.48. The molecule has 0 saturated carbocycles. The monoisotopic (exact) mass is 431 g/mol. The second-order valence-electron chi connectivity index (χ2n) is 6.84. The summed E-state index contributed by atoms with van der Waals surface area (Å²) in [5, 5.41) is 7.97. The molecule has 0 unspecified atom stereocenters. The molecule has 0 atom stereocenters. The van der Waals surface area contributed by atoms with Crippen LogP contribution in [-0.2, 0) is 0 Å². The minimum Gasteiger partial charge on any atom is -0.493 e. The summed E-state index contributed by atoms with van der Waals surface area (Å²) in [6.45, 7) is 3.90. The van der Waals surface area contributed by atoms with E-state index in [0.29, 0.717) is 16.6 Å². The predicted molar refractivity (Wildman–Crippen MR) is 120 cm³/mol. The number of hydrogen-bond donors (Lipinski definition) is 1. The molecule has 156 valence electrons. The van der Waals surface area contributed by atoms with Gasteiger partial charge in [0, 0.05) is 22.0 Å². The van der Waals surface area contributed by atoms with Crippen molar-refractivity contribution in [2.75, 3.05) is 12.4 Å². The average molecular weight is 432 g/mol. The van der Waals surface area contributed by atoms with E-state index in [9.17, 15) is 4.79 Å². The van der Waals surface area contributed by atoms with E-state index in [0.717, 1.165) is 22.0 Å². The minimum absolute atomic E-state index is 0.216. The number of para-hydroxylation sites is 1. The van der Waals surface area contributed by atoms with Gasteiger partial charge in [0.2, 0.25) is 0 Å². The third-order valence-electron chi connectivity index (χ3n) is 4.42. The summed E-state index contributed by atoms with van der Waals surface area (Å²) < 4.78 is 6.97. The minimum atomic E-state index is -0.343. The van der Waals surface area contributed by atoms with E-state index in [1.807, 2.05) is 74.5 Å². The Morgan fingerprint density at radius 3 is 2.32 bits per heavy atom. The number of hydrogen-bond acceptors (Lipinski definition) is 6. The zero-order valence-corrected chi connectivity index (χ0v) is 18.2. The number of aromatic nitrogens is 4. The second kappa shape index (κ2) is 9.01. The van der Waals surface area contributed by atoms with Crippen LogP contribution in [-0.4, -0.2) is 32.8 Å². The lowest BCUT2D eigenvalue weighted by Gasteiger charge is -2.06. The highest BCUT2D eigenvalue weighted by atomic mass is 32.2. The molecule has 0 saturated heterocycles. The normalized spacial score (nSPS) is 10.7. The number of nitrogens with zero attached hydrogens (tertiary/aromatic N) is 4. The van der Waals surface area contributed by atoms with E-state index >= 15 is 0 Å². The van der Waals surface area contributed by atoms with Gasteiger partial charge >= 0.3 is 0 Å². The lowest BCUT2D eigenvalue weighted by molar-refractivity contribution is 0.101. The molecular formula is C23H21N5O2S. The molecule has 0 bridgehead atoms. The molecule has 0 spiro atoms. The van der Waals surface area contributed by atoms with Gasteiger partial charge in [0.15, 0.2) is 16.6 Å². The summed E-state index contributed by atoms with van der Waals surface area (Å²) in [6, 6.07) is 19.0. The van der Waals surface area contributed by atoms with Crippen LogP contribution in [0.15, 0.2) is 76.9 Å². The van der Waals surface area contributed by atoms with Crippen molar-refractivity contribution in [3.05, 3.63) is 83.9 Å². The van der Waals surface area contributed by atoms with Crippen molar-refractivity contribution >= 4 is 23.4 Å². The number of aryl methyl sites for hydroxylation is 2. The first-order valence-corrected chi connectivity index (χ1v) is 10.4. The van der Waals surface area contributed by atoms with Gasteiger partial charge in [0.25, 0.3) is 5.91 Å². The first-order chi connectivity index (χ1) is 15.0. The van der Waals surface area contributed by atoms with Crippen LogP contribution in [0.5, 0.6) is 5.75 Å². The van der Waals surface area contributed by atoms with E-state index in [1.54, 1.807) is 10.9 Å². The molecule has 4 rings (SSSR count). The third-order valence-corrected chi connectivity index (χ3v) is 5.29. The van der Waals surface area contributed by atoms with Gasteiger partial charge < -0.3 is 10.1 Å². The van der Waals surface area contributed by atoms with Crippen LogP contribution in [0.1, 0.15) is 21.9 Å². The van der Waals surface area contributed by atoms with E-state index < -0.39 is 0 Å². The van der Waals surface area contributed by atoms with Crippen LogP contribution in [0.3, 0.4) is 0 Å². The maximum Gasteiger partial charge on any atom is 0.280 e. The summed E-state index contributed by atoms with van der Waals surface area (Å²) in [7, 11) is 1.52. The molecule has 31 heavy (non-hydrogen) atoms. The SMILES string of the molecule is COc1cn(-c2ccccc2)nc1C(=O)Nc1ccc(Sc2nc(C)cc(C)n2)cc1. The van der Waals surface area contributed by atoms with Gasteiger partial charge in [-0.25, -0.2) is 14.6 Å². The lowest BCUT2D eigenvalue weighted by Crippen LogP contribution is -2.14. The fourth-order valence-electron chi connectivity index (χ4n) is 3.02. The number of carbonyl (C=O) groups is 1. The summed E-state index contributed by atoms with van der Waals surface area (Å²) in [5.41, 5.74) is 3.58. The molecule has 2 aromatic carbocycles. The van der Waals surface area contributed by atoms with E-state index in [2.05, 4.69) is 20.4 Å². The summed E-state index contributed by atoms with van der Waals surface area (Å²) in [6.07, 6.45) is 1.69. The highest BCUT2D eigenvalue weighted by Gasteiger charge is 2.18. The molecule has 4 aromatic rings. The maximum absolute atomic E-state index is 12.8. The largest absolute Gasteiger partial charge is 0.493 e. The molecule has 0 aliphatic carbocycles. The highest BCUT2D eigenvalue weighted by molar-refractivity contribution is 7.99. The number of carbonyl (C=O) groups excluding carboxylic acids is 1. The summed E-state index contributed by atoms with van der Waals surface area (Å²) >= 11 is 1.48. The molecule has 0 aliphatic heterocycles. The zero-order chi connectivity index (χ0) is 21.8. The van der Waals surface area contributed by atoms with Crippen molar-refractivity contribution in [2.24, 2.45) is 0 Å². The van der Waals surface area contributed by atoms with Crippen molar-refractivity contribution in [3.63, 3.8) is 0 Å². The molecule has 2 heterocycles. The first kappa shape index (κ1) is 20.6. The van der Waals surface area contributed by atoms with Gasteiger partial charge in [-0.15, -0.1) is 0 Å². The van der Waals surface area contributed by atoms with Crippen molar-refractivity contribution in [3.8, 4) is 11.4 Å². The Morgan fingerprint density at radius 1 is 1.00 bits per heavy atom. The quantitative estimate of drug-likeness (QED) is 0.446. The van der Waals surface area contributed by atoms with Crippen LogP contribution in [0.4, 0.5) is 5.69 Å². The first-order valence-electron chi connectivity index (χ1n) is 9.62. The number of benzene rings is 2.